The number of amides is 2. The van der Waals surface area contributed by atoms with E-state index < -0.39 is 5.54 Å². The first-order valence-corrected chi connectivity index (χ1v) is 10.5. The van der Waals surface area contributed by atoms with E-state index in [1.165, 1.54) is 0 Å². The number of nitrogens with zero attached hydrogens (tertiary/aromatic N) is 6. The summed E-state index contributed by atoms with van der Waals surface area (Å²) in [5.74, 6) is 1.43. The second-order valence-corrected chi connectivity index (χ2v) is 8.74. The number of rotatable bonds is 4. The lowest BCUT2D eigenvalue weighted by atomic mass is 9.64. The van der Waals surface area contributed by atoms with Crippen LogP contribution < -0.4 is 5.32 Å². The van der Waals surface area contributed by atoms with Crippen LogP contribution in [0.4, 0.5) is 10.5 Å². The molecule has 3 fully saturated rings. The van der Waals surface area contributed by atoms with Gasteiger partial charge in [0.2, 0.25) is 11.8 Å². The van der Waals surface area contributed by atoms with Gasteiger partial charge in [0.05, 0.1) is 5.02 Å². The molecule has 1 unspecified atom stereocenters. The number of hydrogen-bond acceptors (Lipinski definition) is 7. The molecule has 2 N–H and O–H groups in total. The Morgan fingerprint density at radius 2 is 2.23 bits per heavy atom. The van der Waals surface area contributed by atoms with E-state index in [4.69, 9.17) is 16.0 Å². The van der Waals surface area contributed by atoms with Crippen LogP contribution in [0.5, 0.6) is 0 Å². The Balaban J connectivity index is 1.42. The Labute approximate surface area is 183 Å². The Kier molecular flexibility index (Phi) is 4.71. The van der Waals surface area contributed by atoms with Gasteiger partial charge in [-0.05, 0) is 37.0 Å². The first kappa shape index (κ1) is 20.0. The number of anilines is 1. The smallest absolute Gasteiger partial charge is 0.323 e. The summed E-state index contributed by atoms with van der Waals surface area (Å²) >= 11 is 6.33. The Morgan fingerprint density at radius 1 is 1.39 bits per heavy atom. The fourth-order valence-electron chi connectivity index (χ4n) is 4.88. The maximum absolute atomic E-state index is 13.3. The molecule has 1 saturated carbocycles. The summed E-state index contributed by atoms with van der Waals surface area (Å²) in [6.45, 7) is 1.83. The van der Waals surface area contributed by atoms with Crippen molar-refractivity contribution < 1.29 is 14.3 Å². The van der Waals surface area contributed by atoms with Gasteiger partial charge in [-0.1, -0.05) is 18.5 Å². The molecule has 2 amide bonds. The molecule has 2 saturated heterocycles. The molecule has 1 aromatic carbocycles. The van der Waals surface area contributed by atoms with Crippen molar-refractivity contribution >= 4 is 23.3 Å². The molecule has 2 aromatic heterocycles. The monoisotopic (exact) mass is 443 g/mol. The molecule has 162 valence electrons. The van der Waals surface area contributed by atoms with Gasteiger partial charge < -0.3 is 19.7 Å². The second-order valence-electron chi connectivity index (χ2n) is 8.33. The van der Waals surface area contributed by atoms with Crippen LogP contribution in [0.1, 0.15) is 38.0 Å². The van der Waals surface area contributed by atoms with Gasteiger partial charge in [0.1, 0.15) is 18.5 Å². The second kappa shape index (κ2) is 7.31. The molecule has 3 atom stereocenters. The summed E-state index contributed by atoms with van der Waals surface area (Å²) in [6.07, 6.45) is 4.00. The summed E-state index contributed by atoms with van der Waals surface area (Å²) in [5.41, 5.74) is 0.577. The fourth-order valence-corrected chi connectivity index (χ4v) is 5.08. The zero-order valence-corrected chi connectivity index (χ0v) is 17.9. The van der Waals surface area contributed by atoms with Crippen molar-refractivity contribution in [3.05, 3.63) is 41.3 Å². The van der Waals surface area contributed by atoms with Crippen molar-refractivity contribution in [1.82, 2.24) is 29.9 Å². The van der Waals surface area contributed by atoms with Gasteiger partial charge in [0.15, 0.2) is 5.82 Å². The van der Waals surface area contributed by atoms with Crippen LogP contribution in [0.2, 0.25) is 5.02 Å². The number of hydrogen-bond donors (Lipinski definition) is 2. The predicted octanol–water partition coefficient (Wildman–Crippen LogP) is 2.94. The van der Waals surface area contributed by atoms with E-state index in [1.54, 1.807) is 41.2 Å². The zero-order valence-electron chi connectivity index (χ0n) is 17.1. The first-order valence-electron chi connectivity index (χ1n) is 10.1. The number of nitrogens with one attached hydrogen (secondary N) is 1. The van der Waals surface area contributed by atoms with Gasteiger partial charge in [-0.25, -0.2) is 9.78 Å². The summed E-state index contributed by atoms with van der Waals surface area (Å²) in [6, 6.07) is 5.07. The van der Waals surface area contributed by atoms with Crippen molar-refractivity contribution in [3.63, 3.8) is 0 Å². The number of aliphatic hydroxyl groups excluding tert-OH is 1. The highest BCUT2D eigenvalue weighted by molar-refractivity contribution is 6.33. The van der Waals surface area contributed by atoms with Gasteiger partial charge in [-0.15, -0.1) is 10.2 Å². The molecule has 10 nitrogen and oxygen atoms in total. The van der Waals surface area contributed by atoms with Gasteiger partial charge in [-0.3, -0.25) is 4.68 Å². The van der Waals surface area contributed by atoms with Gasteiger partial charge in [0.25, 0.3) is 0 Å². The largest absolute Gasteiger partial charge is 0.420 e. The Hall–Kier alpha value is -2.98. The number of fused-ring (bicyclic) bond motifs is 2. The lowest BCUT2D eigenvalue weighted by molar-refractivity contribution is -0.110. The molecule has 4 heterocycles. The zero-order chi connectivity index (χ0) is 21.8. The van der Waals surface area contributed by atoms with Crippen molar-refractivity contribution in [2.24, 2.45) is 13.0 Å². The molecule has 2 bridgehead atoms. The SMILES string of the molecule is C[C@@H]1C[C@@H]2CC(c3nnc(CO)o3)(C1)N2C(=O)Nc1ccc(Cl)c(-c2ncn(C)n2)c1. The number of aromatic nitrogens is 5. The predicted molar refractivity (Wildman–Crippen MR) is 111 cm³/mol. The normalized spacial score (nSPS) is 24.7. The highest BCUT2D eigenvalue weighted by Gasteiger charge is 2.62. The number of carbonyl (C=O) groups excluding carboxylic acids is 1. The van der Waals surface area contributed by atoms with E-state index in [9.17, 15) is 9.90 Å². The number of halogens is 1. The molecule has 0 spiro atoms. The van der Waals surface area contributed by atoms with Crippen LogP contribution in [0.3, 0.4) is 0 Å². The average molecular weight is 444 g/mol. The van der Waals surface area contributed by atoms with E-state index in [1.807, 2.05) is 0 Å². The van der Waals surface area contributed by atoms with Crippen molar-refractivity contribution in [3.8, 4) is 11.4 Å². The lowest BCUT2D eigenvalue weighted by Gasteiger charge is -2.61. The number of aryl methyl sites for hydroxylation is 1. The summed E-state index contributed by atoms with van der Waals surface area (Å²) in [4.78, 5) is 19.4. The Bertz CT molecular complexity index is 1150. The fraction of sp³-hybridized carbons (Fsp3) is 0.450. The minimum atomic E-state index is -0.648. The molecule has 0 radical (unpaired) electrons. The molecule has 31 heavy (non-hydrogen) atoms. The van der Waals surface area contributed by atoms with Crippen LogP contribution in [0.15, 0.2) is 28.9 Å². The molecule has 3 aliphatic rings. The van der Waals surface area contributed by atoms with E-state index in [-0.39, 0.29) is 24.6 Å². The van der Waals surface area contributed by atoms with Gasteiger partial charge >= 0.3 is 6.03 Å². The number of carbonyl (C=O) groups is 1. The molecule has 6 rings (SSSR count). The van der Waals surface area contributed by atoms with Crippen molar-refractivity contribution in [2.45, 2.75) is 44.4 Å². The van der Waals surface area contributed by atoms with Gasteiger partial charge in [-0.2, -0.15) is 5.10 Å². The van der Waals surface area contributed by atoms with Crippen molar-refractivity contribution in [2.75, 3.05) is 5.32 Å². The minimum absolute atomic E-state index is 0.0949. The summed E-state index contributed by atoms with van der Waals surface area (Å²) in [7, 11) is 1.78. The van der Waals surface area contributed by atoms with E-state index in [0.717, 1.165) is 19.3 Å². The quantitative estimate of drug-likeness (QED) is 0.635. The van der Waals surface area contributed by atoms with Crippen molar-refractivity contribution in [1.29, 1.82) is 0 Å². The molecule has 3 aromatic rings. The molecule has 11 heteroatoms. The maximum Gasteiger partial charge on any atom is 0.323 e. The van der Waals surface area contributed by atoms with E-state index in [2.05, 4.69) is 32.5 Å². The minimum Gasteiger partial charge on any atom is -0.420 e. The third kappa shape index (κ3) is 3.26. The van der Waals surface area contributed by atoms with Crippen LogP contribution in [0.25, 0.3) is 11.4 Å². The summed E-state index contributed by atoms with van der Waals surface area (Å²) in [5, 5.41) is 25.1. The van der Waals surface area contributed by atoms with E-state index >= 15 is 0 Å². The third-order valence-corrected chi connectivity index (χ3v) is 6.37. The third-order valence-electron chi connectivity index (χ3n) is 6.04. The number of piperidine rings is 1. The average Bonchev–Trinajstić information content (AvgIpc) is 3.38. The van der Waals surface area contributed by atoms with Crippen LogP contribution >= 0.6 is 11.6 Å². The number of urea groups is 1. The standard InChI is InChI=1S/C20H22ClN7O3/c1-11-5-13-8-20(7-11,18-25-24-16(9-29)31-18)28(13)19(30)23-12-3-4-15(21)14(6-12)17-22-10-27(2)26-17/h3-4,6,10-11,13,29H,5,7-9H2,1-2H3,(H,23,30)/t11-,13-,20?/m1/s1. The number of benzene rings is 1. The van der Waals surface area contributed by atoms with Gasteiger partial charge in [0, 0.05) is 30.8 Å². The van der Waals surface area contributed by atoms with Crippen LogP contribution in [-0.4, -0.2) is 47.0 Å². The maximum atomic E-state index is 13.3. The highest BCUT2D eigenvalue weighted by atomic mass is 35.5. The molecular weight excluding hydrogens is 422 g/mol. The van der Waals surface area contributed by atoms with Crippen LogP contribution in [0, 0.1) is 5.92 Å². The highest BCUT2D eigenvalue weighted by Crippen LogP contribution is 2.55. The number of aliphatic hydroxyl groups is 1. The summed E-state index contributed by atoms with van der Waals surface area (Å²) < 4.78 is 7.25. The van der Waals surface area contributed by atoms with E-state index in [0.29, 0.717) is 33.9 Å². The molecular formula is C20H22ClN7O3. The molecule has 1 aliphatic carbocycles. The topological polar surface area (TPSA) is 122 Å². The first-order chi connectivity index (χ1) is 14.9. The lowest BCUT2D eigenvalue weighted by Crippen LogP contribution is -2.70. The Morgan fingerprint density at radius 3 is 2.94 bits per heavy atom. The molecule has 2 aliphatic heterocycles. The van der Waals surface area contributed by atoms with Crippen LogP contribution in [-0.2, 0) is 19.2 Å².